The standard InChI is InChI=1S/C30H25N3O6S/c1-20-14-15-39-28(20)30(37)32-25-5-3-4-22(17-25)6-7-23-16-24(19-31-18-23)29(36)33-40(2,38)26-11-8-21(9-12-26)10-13-27(34)35/h3-5,8-9,11-12,14-19H,2,10,13H2,1H3,(H,32,37)(H,34,35)(H,33,36,38). The fourth-order valence-electron chi connectivity index (χ4n) is 3.64. The van der Waals surface area contributed by atoms with E-state index in [0.29, 0.717) is 28.1 Å². The van der Waals surface area contributed by atoms with Crippen LogP contribution >= 0.6 is 0 Å². The average molecular weight is 556 g/mol. The summed E-state index contributed by atoms with van der Waals surface area (Å²) in [4.78, 5) is 40.4. The van der Waals surface area contributed by atoms with Crippen molar-refractivity contribution in [3.63, 3.8) is 0 Å². The number of aromatic nitrogens is 1. The van der Waals surface area contributed by atoms with Crippen LogP contribution in [0.3, 0.4) is 0 Å². The van der Waals surface area contributed by atoms with E-state index in [9.17, 15) is 18.6 Å². The van der Waals surface area contributed by atoms with Gasteiger partial charge in [-0.25, -0.2) is 4.21 Å². The van der Waals surface area contributed by atoms with E-state index >= 15 is 0 Å². The SMILES string of the molecule is C=S(=O)(NC(=O)c1cncc(C#Cc2cccc(NC(=O)c3occc3C)c2)c1)c1ccc(CCC(=O)O)cc1. The van der Waals surface area contributed by atoms with Gasteiger partial charge in [0.25, 0.3) is 11.8 Å². The van der Waals surface area contributed by atoms with Crippen LogP contribution in [0.25, 0.3) is 0 Å². The van der Waals surface area contributed by atoms with Gasteiger partial charge in [-0.3, -0.25) is 24.1 Å². The van der Waals surface area contributed by atoms with Crippen LogP contribution in [0, 0.1) is 18.8 Å². The summed E-state index contributed by atoms with van der Waals surface area (Å²) in [5.41, 5.74) is 3.26. The summed E-state index contributed by atoms with van der Waals surface area (Å²) in [7, 11) is -3.18. The molecule has 0 fully saturated rings. The highest BCUT2D eigenvalue weighted by molar-refractivity contribution is 7.99. The van der Waals surface area contributed by atoms with Gasteiger partial charge in [0.1, 0.15) is 0 Å². The van der Waals surface area contributed by atoms with E-state index in [2.05, 4.69) is 32.7 Å². The third-order valence-electron chi connectivity index (χ3n) is 5.73. The molecule has 9 nitrogen and oxygen atoms in total. The largest absolute Gasteiger partial charge is 0.481 e. The number of furan rings is 1. The number of anilines is 1. The van der Waals surface area contributed by atoms with Crippen molar-refractivity contribution >= 4 is 39.0 Å². The molecule has 4 aromatic rings. The van der Waals surface area contributed by atoms with Gasteiger partial charge in [0, 0.05) is 46.1 Å². The second-order valence-corrected chi connectivity index (χ2v) is 10.9. The van der Waals surface area contributed by atoms with Crippen LogP contribution in [-0.2, 0) is 20.9 Å². The maximum Gasteiger partial charge on any atom is 0.303 e. The maximum atomic E-state index is 13.1. The minimum Gasteiger partial charge on any atom is -0.481 e. The molecule has 2 heterocycles. The van der Waals surface area contributed by atoms with Crippen LogP contribution in [0.5, 0.6) is 0 Å². The van der Waals surface area contributed by atoms with Crippen LogP contribution < -0.4 is 10.0 Å². The van der Waals surface area contributed by atoms with Crippen molar-refractivity contribution in [3.05, 3.63) is 113 Å². The number of carboxylic acid groups (broad SMARTS) is 1. The number of benzene rings is 2. The van der Waals surface area contributed by atoms with Gasteiger partial charge in [-0.1, -0.05) is 30.0 Å². The number of amides is 2. The summed E-state index contributed by atoms with van der Waals surface area (Å²) in [6.07, 6.45) is 4.59. The number of aryl methyl sites for hydroxylation is 2. The number of hydrogen-bond donors (Lipinski definition) is 3. The minimum atomic E-state index is -3.18. The molecule has 2 aromatic carbocycles. The molecule has 0 aliphatic heterocycles. The second-order valence-electron chi connectivity index (χ2n) is 8.82. The van der Waals surface area contributed by atoms with Crippen molar-refractivity contribution in [1.82, 2.24) is 9.71 Å². The molecule has 2 amide bonds. The number of rotatable bonds is 8. The molecule has 0 aliphatic rings. The summed E-state index contributed by atoms with van der Waals surface area (Å²) in [6, 6.07) is 16.6. The molecule has 0 saturated carbocycles. The Morgan fingerprint density at radius 2 is 1.75 bits per heavy atom. The molecule has 10 heteroatoms. The van der Waals surface area contributed by atoms with Crippen molar-refractivity contribution in [2.45, 2.75) is 24.7 Å². The quantitative estimate of drug-likeness (QED) is 0.220. The molecule has 40 heavy (non-hydrogen) atoms. The Hall–Kier alpha value is -5.14. The van der Waals surface area contributed by atoms with Crippen molar-refractivity contribution < 1.29 is 28.1 Å². The number of carbonyl (C=O) groups is 3. The average Bonchev–Trinajstić information content (AvgIpc) is 3.37. The zero-order chi connectivity index (χ0) is 28.7. The van der Waals surface area contributed by atoms with E-state index in [4.69, 9.17) is 9.52 Å². The Kier molecular flexibility index (Phi) is 8.47. The van der Waals surface area contributed by atoms with Gasteiger partial charge in [-0.05, 0) is 67.2 Å². The van der Waals surface area contributed by atoms with Crippen LogP contribution in [0.15, 0.2) is 88.6 Å². The highest BCUT2D eigenvalue weighted by atomic mass is 32.2. The van der Waals surface area contributed by atoms with Crippen LogP contribution in [-0.4, -0.2) is 38.0 Å². The Balaban J connectivity index is 1.43. The van der Waals surface area contributed by atoms with Crippen molar-refractivity contribution in [1.29, 1.82) is 0 Å². The van der Waals surface area contributed by atoms with Crippen LogP contribution in [0.1, 0.15) is 49.6 Å². The number of nitrogens with one attached hydrogen (secondary N) is 2. The normalized spacial score (nSPS) is 11.9. The third kappa shape index (κ3) is 7.24. The highest BCUT2D eigenvalue weighted by Crippen LogP contribution is 2.16. The first-order chi connectivity index (χ1) is 19.1. The van der Waals surface area contributed by atoms with E-state index in [0.717, 1.165) is 11.1 Å². The predicted octanol–water partition coefficient (Wildman–Crippen LogP) is 4.07. The van der Waals surface area contributed by atoms with Crippen molar-refractivity contribution in [2.24, 2.45) is 0 Å². The molecule has 0 saturated heterocycles. The van der Waals surface area contributed by atoms with Crippen LogP contribution in [0.2, 0.25) is 0 Å². The number of nitrogens with zero attached hydrogens (tertiary/aromatic N) is 1. The second kappa shape index (κ2) is 12.1. The van der Waals surface area contributed by atoms with Crippen molar-refractivity contribution in [2.75, 3.05) is 5.32 Å². The topological polar surface area (TPSA) is 139 Å². The fraction of sp³-hybridized carbons (Fsp3) is 0.100. The highest BCUT2D eigenvalue weighted by Gasteiger charge is 2.15. The fourth-order valence-corrected chi connectivity index (χ4v) is 4.75. The molecule has 0 spiro atoms. The number of carboxylic acids is 1. The van der Waals surface area contributed by atoms with E-state index < -0.39 is 21.6 Å². The van der Waals surface area contributed by atoms with E-state index in [1.807, 2.05) is 0 Å². The van der Waals surface area contributed by atoms with E-state index in [1.165, 1.54) is 24.7 Å². The molecular weight excluding hydrogens is 530 g/mol. The summed E-state index contributed by atoms with van der Waals surface area (Å²) in [6.45, 7) is 1.78. The van der Waals surface area contributed by atoms with Gasteiger partial charge in [0.2, 0.25) is 0 Å². The predicted molar refractivity (Wildman–Crippen MR) is 151 cm³/mol. The molecule has 1 atom stereocenters. The van der Waals surface area contributed by atoms with Gasteiger partial charge in [-0.2, -0.15) is 0 Å². The number of aliphatic carboxylic acids is 1. The minimum absolute atomic E-state index is 0.0183. The first-order valence-corrected chi connectivity index (χ1v) is 13.8. The number of pyridine rings is 1. The zero-order valence-corrected chi connectivity index (χ0v) is 22.3. The zero-order valence-electron chi connectivity index (χ0n) is 21.5. The monoisotopic (exact) mass is 555 g/mol. The summed E-state index contributed by atoms with van der Waals surface area (Å²) < 4.78 is 20.8. The lowest BCUT2D eigenvalue weighted by Crippen LogP contribution is -2.30. The van der Waals surface area contributed by atoms with Gasteiger partial charge in [0.05, 0.1) is 21.5 Å². The molecular formula is C30H25N3O6S. The van der Waals surface area contributed by atoms with Gasteiger partial charge in [-0.15, -0.1) is 0 Å². The third-order valence-corrected chi connectivity index (χ3v) is 7.28. The van der Waals surface area contributed by atoms with Gasteiger partial charge in [0.15, 0.2) is 5.76 Å². The molecule has 0 bridgehead atoms. The first-order valence-electron chi connectivity index (χ1n) is 12.0. The smallest absolute Gasteiger partial charge is 0.303 e. The first kappa shape index (κ1) is 27.9. The van der Waals surface area contributed by atoms with Crippen LogP contribution in [0.4, 0.5) is 5.69 Å². The van der Waals surface area contributed by atoms with Gasteiger partial charge >= 0.3 is 5.97 Å². The summed E-state index contributed by atoms with van der Waals surface area (Å²) in [5.74, 6) is 7.92. The number of hydrogen-bond acceptors (Lipinski definition) is 6. The Bertz CT molecular complexity index is 1750. The molecule has 2 aromatic heterocycles. The Labute approximate surface area is 231 Å². The lowest BCUT2D eigenvalue weighted by molar-refractivity contribution is -0.136. The Morgan fingerprint density at radius 1 is 1.00 bits per heavy atom. The summed E-state index contributed by atoms with van der Waals surface area (Å²) in [5, 5.41) is 11.6. The lowest BCUT2D eigenvalue weighted by Gasteiger charge is -2.12. The molecule has 3 N–H and O–H groups in total. The maximum absolute atomic E-state index is 13.1. The Morgan fingerprint density at radius 3 is 2.45 bits per heavy atom. The summed E-state index contributed by atoms with van der Waals surface area (Å²) >= 11 is 0. The van der Waals surface area contributed by atoms with Gasteiger partial charge < -0.3 is 14.8 Å². The molecule has 1 unspecified atom stereocenters. The molecule has 0 aliphatic carbocycles. The van der Waals surface area contributed by atoms with Crippen molar-refractivity contribution in [3.8, 4) is 11.8 Å². The number of carbonyl (C=O) groups excluding carboxylic acids is 2. The van der Waals surface area contributed by atoms with E-state index in [-0.39, 0.29) is 23.7 Å². The molecule has 4 rings (SSSR count). The molecule has 0 radical (unpaired) electrons. The molecule has 202 valence electrons. The lowest BCUT2D eigenvalue weighted by atomic mass is 10.1. The van der Waals surface area contributed by atoms with E-state index in [1.54, 1.807) is 61.5 Å².